The monoisotopic (exact) mass is 530 g/mol. The number of hydrogen-bond donors (Lipinski definition) is 1. The zero-order valence-electron chi connectivity index (χ0n) is 17.9. The van der Waals surface area contributed by atoms with Gasteiger partial charge in [-0.25, -0.2) is 22.4 Å². The Labute approximate surface area is 206 Å². The van der Waals surface area contributed by atoms with Crippen LogP contribution >= 0.6 is 23.1 Å². The molecule has 2 aromatic carbocycles. The minimum Gasteiger partial charge on any atom is -0.490 e. The molecule has 4 rings (SSSR count). The molecule has 1 saturated heterocycles. The third-order valence-corrected chi connectivity index (χ3v) is 7.75. The van der Waals surface area contributed by atoms with Crippen LogP contribution in [0.5, 0.6) is 5.75 Å². The zero-order chi connectivity index (χ0) is 24.1. The topological polar surface area (TPSA) is 67.3 Å². The van der Waals surface area contributed by atoms with Crippen molar-refractivity contribution in [1.82, 2.24) is 14.3 Å². The first-order valence-electron chi connectivity index (χ1n) is 10.6. The van der Waals surface area contributed by atoms with Crippen LogP contribution in [0.3, 0.4) is 0 Å². The van der Waals surface area contributed by atoms with E-state index >= 15 is 0 Å². The Kier molecular flexibility index (Phi) is 8.41. The molecule has 0 saturated carbocycles. The summed E-state index contributed by atoms with van der Waals surface area (Å²) in [6.45, 7) is 1.27. The van der Waals surface area contributed by atoms with Crippen LogP contribution in [0, 0.1) is 17.6 Å². The van der Waals surface area contributed by atoms with Crippen LogP contribution < -0.4 is 9.46 Å². The highest BCUT2D eigenvalue weighted by Gasteiger charge is 2.31. The van der Waals surface area contributed by atoms with Crippen molar-refractivity contribution in [3.63, 3.8) is 0 Å². The molecular weight excluding hydrogens is 509 g/mol. The fraction of sp³-hybridized carbons (Fsp3) is 0.364. The normalized spacial score (nSPS) is 19.6. The summed E-state index contributed by atoms with van der Waals surface area (Å²) >= 11 is 6.96. The van der Waals surface area contributed by atoms with E-state index in [0.29, 0.717) is 18.1 Å². The van der Waals surface area contributed by atoms with E-state index in [1.165, 1.54) is 6.33 Å². The van der Waals surface area contributed by atoms with Crippen LogP contribution in [0.1, 0.15) is 17.9 Å². The smallest absolute Gasteiger partial charge is 0.214 e. The molecule has 0 spiro atoms. The Bertz CT molecular complexity index is 1120. The number of piperidine rings is 1. The van der Waals surface area contributed by atoms with E-state index in [2.05, 4.69) is 14.1 Å². The van der Waals surface area contributed by atoms with Crippen molar-refractivity contribution in [3.05, 3.63) is 64.9 Å². The summed E-state index contributed by atoms with van der Waals surface area (Å²) in [5, 5.41) is 0.851. The summed E-state index contributed by atoms with van der Waals surface area (Å²) in [5.41, 5.74) is 1.07. The van der Waals surface area contributed by atoms with Gasteiger partial charge in [0.05, 0.1) is 11.5 Å². The van der Waals surface area contributed by atoms with Crippen LogP contribution in [0.15, 0.2) is 47.6 Å². The average molecular weight is 531 g/mol. The molecule has 1 N–H and O–H groups in total. The molecule has 34 heavy (non-hydrogen) atoms. The number of benzene rings is 2. The summed E-state index contributed by atoms with van der Waals surface area (Å²) in [6, 6.07) is 9.25. The van der Waals surface area contributed by atoms with Gasteiger partial charge < -0.3 is 9.64 Å². The number of rotatable bonds is 9. The van der Waals surface area contributed by atoms with Crippen molar-refractivity contribution in [2.75, 3.05) is 37.6 Å². The fourth-order valence-corrected chi connectivity index (χ4v) is 5.62. The Morgan fingerprint density at radius 3 is 2.74 bits per heavy atom. The number of ether oxygens (including phenoxy) is 1. The summed E-state index contributed by atoms with van der Waals surface area (Å²) in [6.07, 6.45) is 2.04. The summed E-state index contributed by atoms with van der Waals surface area (Å²) in [4.78, 5) is 5.46. The molecular formula is C22H22ClF3N4O2S2. The Hall–Kier alpha value is -2.21. The first kappa shape index (κ1) is 24.9. The Balaban J connectivity index is 1.48. The molecule has 0 aliphatic carbocycles. The predicted octanol–water partition coefficient (Wildman–Crippen LogP) is 5.06. The lowest BCUT2D eigenvalue weighted by atomic mass is 9.81. The summed E-state index contributed by atoms with van der Waals surface area (Å²) in [5.74, 6) is -1.95. The first-order chi connectivity index (χ1) is 16.4. The molecule has 0 bridgehead atoms. The van der Waals surface area contributed by atoms with Gasteiger partial charge in [0.25, 0.3) is 0 Å². The quantitative estimate of drug-likeness (QED) is 0.419. The molecule has 182 valence electrons. The van der Waals surface area contributed by atoms with Crippen LogP contribution in [-0.4, -0.2) is 51.4 Å². The number of aromatic nitrogens is 2. The molecule has 1 aliphatic heterocycles. The number of halogens is 4. The Morgan fingerprint density at radius 1 is 1.24 bits per heavy atom. The SMILES string of the molecule is O=S(Nc1ncns1)c1cc(F)c(OC[C@@H]2CN(CCF)CC[C@H]2c2ccc(Cl)cc2)cc1F. The van der Waals surface area contributed by atoms with Gasteiger partial charge in [0.1, 0.15) is 18.8 Å². The standard InChI is InChI=1S/C22H22ClF3N4O2S2/c23-16-3-1-14(2-4-16)17-5-7-30(8-6-24)11-15(17)12-32-20-9-19(26)21(10-18(20)25)34(31)29-22-27-13-28-33-22/h1-4,9-10,13,15,17H,5-8,11-12H2,(H,27,28,29)/t15-,17-,34?/m0/s1. The van der Waals surface area contributed by atoms with E-state index < -0.39 is 29.3 Å². The third kappa shape index (κ3) is 6.07. The molecule has 0 amide bonds. The minimum absolute atomic E-state index is 0.0724. The van der Waals surface area contributed by atoms with Crippen molar-refractivity contribution >= 4 is 39.3 Å². The van der Waals surface area contributed by atoms with E-state index in [4.69, 9.17) is 16.3 Å². The van der Waals surface area contributed by atoms with Crippen LogP contribution in [0.25, 0.3) is 0 Å². The minimum atomic E-state index is -2.06. The van der Waals surface area contributed by atoms with Gasteiger partial charge in [0.2, 0.25) is 5.13 Å². The lowest BCUT2D eigenvalue weighted by molar-refractivity contribution is 0.104. The van der Waals surface area contributed by atoms with Crippen LogP contribution in [0.4, 0.5) is 18.3 Å². The molecule has 1 aromatic heterocycles. The third-order valence-electron chi connectivity index (χ3n) is 5.70. The van der Waals surface area contributed by atoms with Crippen molar-refractivity contribution in [3.8, 4) is 5.75 Å². The highest BCUT2D eigenvalue weighted by molar-refractivity contribution is 7.86. The fourth-order valence-electron chi connectivity index (χ4n) is 4.06. The van der Waals surface area contributed by atoms with Crippen molar-refractivity contribution in [2.45, 2.75) is 17.2 Å². The second kappa shape index (κ2) is 11.5. The summed E-state index contributed by atoms with van der Waals surface area (Å²) in [7, 11) is -2.06. The van der Waals surface area contributed by atoms with Gasteiger partial charge >= 0.3 is 0 Å². The van der Waals surface area contributed by atoms with Gasteiger partial charge in [-0.2, -0.15) is 4.37 Å². The molecule has 6 nitrogen and oxygen atoms in total. The van der Waals surface area contributed by atoms with E-state index in [1.54, 1.807) is 0 Å². The van der Waals surface area contributed by atoms with E-state index in [1.807, 2.05) is 29.2 Å². The average Bonchev–Trinajstić information content (AvgIpc) is 3.33. The van der Waals surface area contributed by atoms with Crippen molar-refractivity contribution in [1.29, 1.82) is 0 Å². The van der Waals surface area contributed by atoms with Gasteiger partial charge in [0, 0.05) is 41.6 Å². The molecule has 12 heteroatoms. The number of hydrogen-bond acceptors (Lipinski definition) is 6. The molecule has 3 atom stereocenters. The maximum atomic E-state index is 14.7. The maximum Gasteiger partial charge on any atom is 0.214 e. The molecule has 1 aliphatic rings. The van der Waals surface area contributed by atoms with Crippen molar-refractivity contribution in [2.24, 2.45) is 5.92 Å². The van der Waals surface area contributed by atoms with Gasteiger partial charge in [-0.1, -0.05) is 23.7 Å². The van der Waals surface area contributed by atoms with Crippen LogP contribution in [-0.2, 0) is 11.0 Å². The van der Waals surface area contributed by atoms with Crippen LogP contribution in [0.2, 0.25) is 5.02 Å². The second-order valence-electron chi connectivity index (χ2n) is 7.84. The maximum absolute atomic E-state index is 14.7. The molecule has 1 unspecified atom stereocenters. The Morgan fingerprint density at radius 2 is 2.03 bits per heavy atom. The lowest BCUT2D eigenvalue weighted by Gasteiger charge is -2.38. The van der Waals surface area contributed by atoms with Gasteiger partial charge in [0.15, 0.2) is 22.6 Å². The van der Waals surface area contributed by atoms with Gasteiger partial charge in [-0.05, 0) is 42.6 Å². The van der Waals surface area contributed by atoms with Gasteiger partial charge in [-0.3, -0.25) is 4.72 Å². The number of alkyl halides is 1. The highest BCUT2D eigenvalue weighted by Crippen LogP contribution is 2.35. The highest BCUT2D eigenvalue weighted by atomic mass is 35.5. The predicted molar refractivity (Wildman–Crippen MR) is 127 cm³/mol. The molecule has 1 fully saturated rings. The number of nitrogens with zero attached hydrogens (tertiary/aromatic N) is 3. The number of likely N-dealkylation sites (tertiary alicyclic amines) is 1. The lowest BCUT2D eigenvalue weighted by Crippen LogP contribution is -2.42. The molecule has 3 aromatic rings. The first-order valence-corrected chi connectivity index (χ1v) is 12.9. The summed E-state index contributed by atoms with van der Waals surface area (Å²) < 4.78 is 66.6. The van der Waals surface area contributed by atoms with E-state index in [0.717, 1.165) is 42.2 Å². The van der Waals surface area contributed by atoms with E-state index in [9.17, 15) is 17.4 Å². The zero-order valence-corrected chi connectivity index (χ0v) is 20.3. The molecule has 0 radical (unpaired) electrons. The van der Waals surface area contributed by atoms with Crippen molar-refractivity contribution < 1.29 is 22.1 Å². The molecule has 2 heterocycles. The van der Waals surface area contributed by atoms with Gasteiger partial charge in [-0.15, -0.1) is 0 Å². The number of nitrogens with one attached hydrogen (secondary N) is 1. The largest absolute Gasteiger partial charge is 0.490 e. The number of anilines is 1. The second-order valence-corrected chi connectivity index (χ2v) is 10.2. The van der Waals surface area contributed by atoms with E-state index in [-0.39, 0.29) is 34.2 Å².